The molecule has 2 aliphatic carbocycles. The number of fused-ring (bicyclic) bond motifs is 1. The van der Waals surface area contributed by atoms with Gasteiger partial charge in [0.2, 0.25) is 5.91 Å². The lowest BCUT2D eigenvalue weighted by Crippen LogP contribution is -2.29. The first-order valence-corrected chi connectivity index (χ1v) is 6.85. The van der Waals surface area contributed by atoms with Gasteiger partial charge < -0.3 is 10.1 Å². The normalized spacial score (nSPS) is 17.3. The number of hydrogen-bond donors (Lipinski definition) is 1. The van der Waals surface area contributed by atoms with Crippen LogP contribution in [0.2, 0.25) is 0 Å². The third-order valence-corrected chi connectivity index (χ3v) is 3.69. The van der Waals surface area contributed by atoms with E-state index >= 15 is 0 Å². The lowest BCUT2D eigenvalue weighted by atomic mass is 10.1. The summed E-state index contributed by atoms with van der Waals surface area (Å²) in [6.07, 6.45) is 5.74. The predicted molar refractivity (Wildman–Crippen MR) is 69.7 cm³/mol. The van der Waals surface area contributed by atoms with Gasteiger partial charge in [0, 0.05) is 5.92 Å². The average molecular weight is 245 g/mol. The molecule has 1 fully saturated rings. The Morgan fingerprint density at radius 3 is 2.94 bits per heavy atom. The number of hydrogen-bond acceptors (Lipinski definition) is 2. The summed E-state index contributed by atoms with van der Waals surface area (Å²) in [5.74, 6) is 1.40. The van der Waals surface area contributed by atoms with Crippen LogP contribution in [0, 0.1) is 5.92 Å². The van der Waals surface area contributed by atoms with E-state index in [0.29, 0.717) is 13.2 Å². The summed E-state index contributed by atoms with van der Waals surface area (Å²) < 4.78 is 5.67. The zero-order valence-corrected chi connectivity index (χ0v) is 10.6. The van der Waals surface area contributed by atoms with Gasteiger partial charge in [-0.3, -0.25) is 4.79 Å². The van der Waals surface area contributed by atoms with Crippen molar-refractivity contribution in [1.29, 1.82) is 0 Å². The maximum absolute atomic E-state index is 11.4. The molecule has 3 nitrogen and oxygen atoms in total. The second-order valence-corrected chi connectivity index (χ2v) is 5.20. The Morgan fingerprint density at radius 2 is 2.11 bits per heavy atom. The van der Waals surface area contributed by atoms with Gasteiger partial charge in [-0.2, -0.15) is 0 Å². The Morgan fingerprint density at radius 1 is 1.28 bits per heavy atom. The smallest absolute Gasteiger partial charge is 0.223 e. The molecule has 3 heteroatoms. The summed E-state index contributed by atoms with van der Waals surface area (Å²) in [5, 5.41) is 2.90. The molecule has 96 valence electrons. The van der Waals surface area contributed by atoms with Crippen LogP contribution < -0.4 is 10.1 Å². The lowest BCUT2D eigenvalue weighted by Gasteiger charge is -2.09. The molecule has 0 saturated heterocycles. The van der Waals surface area contributed by atoms with Crippen molar-refractivity contribution < 1.29 is 9.53 Å². The van der Waals surface area contributed by atoms with Gasteiger partial charge in [0.25, 0.3) is 0 Å². The van der Waals surface area contributed by atoms with Crippen molar-refractivity contribution in [3.05, 3.63) is 29.3 Å². The van der Waals surface area contributed by atoms with E-state index in [9.17, 15) is 4.79 Å². The molecule has 0 unspecified atom stereocenters. The minimum Gasteiger partial charge on any atom is -0.492 e. The lowest BCUT2D eigenvalue weighted by molar-refractivity contribution is -0.122. The van der Waals surface area contributed by atoms with Gasteiger partial charge in [0.1, 0.15) is 12.4 Å². The molecule has 1 saturated carbocycles. The van der Waals surface area contributed by atoms with E-state index in [1.807, 2.05) is 6.07 Å². The Bertz CT molecular complexity index is 452. The van der Waals surface area contributed by atoms with Gasteiger partial charge in [-0.15, -0.1) is 0 Å². The Kier molecular flexibility index (Phi) is 3.22. The van der Waals surface area contributed by atoms with Gasteiger partial charge in [-0.1, -0.05) is 6.07 Å². The van der Waals surface area contributed by atoms with Crippen molar-refractivity contribution in [2.75, 3.05) is 13.2 Å². The fourth-order valence-corrected chi connectivity index (χ4v) is 2.47. The average Bonchev–Trinajstić information content (AvgIpc) is 3.13. The van der Waals surface area contributed by atoms with E-state index in [2.05, 4.69) is 17.4 Å². The number of carbonyl (C=O) groups excluding carboxylic acids is 1. The molecule has 0 bridgehead atoms. The second-order valence-electron chi connectivity index (χ2n) is 5.20. The number of amides is 1. The van der Waals surface area contributed by atoms with E-state index in [1.165, 1.54) is 30.4 Å². The SMILES string of the molecule is O=C(NCCOc1ccc2c(c1)CCC2)C1CC1. The standard InChI is InChI=1S/C15H19NO2/c17-15(12-4-5-12)16-8-9-18-14-7-6-11-2-1-3-13(11)10-14/h6-7,10,12H,1-5,8-9H2,(H,16,17). The molecule has 0 atom stereocenters. The summed E-state index contributed by atoms with van der Waals surface area (Å²) in [6.45, 7) is 1.16. The zero-order chi connectivity index (χ0) is 12.4. The van der Waals surface area contributed by atoms with Crippen LogP contribution >= 0.6 is 0 Å². The first kappa shape index (κ1) is 11.6. The van der Waals surface area contributed by atoms with Crippen LogP contribution in [-0.4, -0.2) is 19.1 Å². The Balaban J connectivity index is 1.43. The molecular formula is C15H19NO2. The maximum atomic E-state index is 11.4. The first-order chi connectivity index (χ1) is 8.83. The molecule has 0 radical (unpaired) electrons. The molecule has 1 N–H and O–H groups in total. The largest absolute Gasteiger partial charge is 0.492 e. The van der Waals surface area contributed by atoms with Gasteiger partial charge in [0.05, 0.1) is 6.54 Å². The molecule has 2 aliphatic rings. The molecule has 18 heavy (non-hydrogen) atoms. The van der Waals surface area contributed by atoms with E-state index in [1.54, 1.807) is 0 Å². The van der Waals surface area contributed by atoms with Crippen LogP contribution in [0.3, 0.4) is 0 Å². The highest BCUT2D eigenvalue weighted by atomic mass is 16.5. The van der Waals surface area contributed by atoms with Crippen LogP contribution in [0.4, 0.5) is 0 Å². The third-order valence-electron chi connectivity index (χ3n) is 3.69. The predicted octanol–water partition coefficient (Wildman–Crippen LogP) is 2.08. The summed E-state index contributed by atoms with van der Waals surface area (Å²) in [6, 6.07) is 6.35. The molecule has 0 aromatic heterocycles. The van der Waals surface area contributed by atoms with E-state index in [-0.39, 0.29) is 11.8 Å². The van der Waals surface area contributed by atoms with E-state index in [0.717, 1.165) is 18.6 Å². The number of ether oxygens (including phenoxy) is 1. The minimum absolute atomic E-state index is 0.188. The van der Waals surface area contributed by atoms with Crippen LogP contribution in [-0.2, 0) is 17.6 Å². The molecule has 1 aromatic rings. The molecule has 3 rings (SSSR count). The van der Waals surface area contributed by atoms with Crippen molar-refractivity contribution in [3.63, 3.8) is 0 Å². The van der Waals surface area contributed by atoms with Crippen molar-refractivity contribution in [1.82, 2.24) is 5.32 Å². The molecular weight excluding hydrogens is 226 g/mol. The van der Waals surface area contributed by atoms with Gasteiger partial charge in [0.15, 0.2) is 0 Å². The van der Waals surface area contributed by atoms with Crippen molar-refractivity contribution in [2.45, 2.75) is 32.1 Å². The van der Waals surface area contributed by atoms with E-state index < -0.39 is 0 Å². The van der Waals surface area contributed by atoms with Crippen LogP contribution in [0.5, 0.6) is 5.75 Å². The van der Waals surface area contributed by atoms with Gasteiger partial charge in [-0.25, -0.2) is 0 Å². The minimum atomic E-state index is 0.188. The van der Waals surface area contributed by atoms with Crippen LogP contribution in [0.15, 0.2) is 18.2 Å². The number of carbonyl (C=O) groups is 1. The number of rotatable bonds is 5. The summed E-state index contributed by atoms with van der Waals surface area (Å²) >= 11 is 0. The van der Waals surface area contributed by atoms with Crippen LogP contribution in [0.1, 0.15) is 30.4 Å². The second kappa shape index (κ2) is 5.01. The van der Waals surface area contributed by atoms with E-state index in [4.69, 9.17) is 4.74 Å². The quantitative estimate of drug-likeness (QED) is 0.807. The number of benzene rings is 1. The Labute approximate surface area is 108 Å². The maximum Gasteiger partial charge on any atom is 0.223 e. The summed E-state index contributed by atoms with van der Waals surface area (Å²) in [4.78, 5) is 11.4. The van der Waals surface area contributed by atoms with Crippen molar-refractivity contribution in [3.8, 4) is 5.75 Å². The third kappa shape index (κ3) is 2.66. The highest BCUT2D eigenvalue weighted by molar-refractivity contribution is 5.80. The monoisotopic (exact) mass is 245 g/mol. The first-order valence-electron chi connectivity index (χ1n) is 6.85. The molecule has 1 aromatic carbocycles. The highest BCUT2D eigenvalue weighted by Crippen LogP contribution is 2.28. The topological polar surface area (TPSA) is 38.3 Å². The number of nitrogens with one attached hydrogen (secondary N) is 1. The molecule has 0 spiro atoms. The molecule has 1 amide bonds. The van der Waals surface area contributed by atoms with Gasteiger partial charge >= 0.3 is 0 Å². The number of aryl methyl sites for hydroxylation is 2. The van der Waals surface area contributed by atoms with Gasteiger partial charge in [-0.05, 0) is 55.4 Å². The molecule has 0 aliphatic heterocycles. The van der Waals surface area contributed by atoms with Crippen molar-refractivity contribution in [2.24, 2.45) is 5.92 Å². The zero-order valence-electron chi connectivity index (χ0n) is 10.6. The van der Waals surface area contributed by atoms with Crippen molar-refractivity contribution >= 4 is 5.91 Å². The Hall–Kier alpha value is -1.51. The summed E-state index contributed by atoms with van der Waals surface area (Å²) in [7, 11) is 0. The van der Waals surface area contributed by atoms with Crippen LogP contribution in [0.25, 0.3) is 0 Å². The fourth-order valence-electron chi connectivity index (χ4n) is 2.47. The summed E-state index contributed by atoms with van der Waals surface area (Å²) in [5.41, 5.74) is 2.89. The molecule has 0 heterocycles. The highest BCUT2D eigenvalue weighted by Gasteiger charge is 2.28. The fraction of sp³-hybridized carbons (Fsp3) is 0.533.